The van der Waals surface area contributed by atoms with Gasteiger partial charge < -0.3 is 15.7 Å². The number of thiophene rings is 1. The summed E-state index contributed by atoms with van der Waals surface area (Å²) in [6.07, 6.45) is 0.145. The number of nitrogens with one attached hydrogen (secondary N) is 2. The van der Waals surface area contributed by atoms with Gasteiger partial charge in [0.05, 0.1) is 12.6 Å². The lowest BCUT2D eigenvalue weighted by Crippen LogP contribution is -2.39. The van der Waals surface area contributed by atoms with Crippen molar-refractivity contribution in [3.63, 3.8) is 0 Å². The molecule has 0 radical (unpaired) electrons. The number of rotatable bonds is 8. The van der Waals surface area contributed by atoms with Crippen LogP contribution in [0.1, 0.15) is 30.9 Å². The van der Waals surface area contributed by atoms with Crippen molar-refractivity contribution in [1.29, 1.82) is 0 Å². The van der Waals surface area contributed by atoms with Crippen molar-refractivity contribution in [2.45, 2.75) is 32.3 Å². The van der Waals surface area contributed by atoms with Crippen LogP contribution in [-0.2, 0) is 6.42 Å². The highest BCUT2D eigenvalue weighted by atomic mass is 127. The molecule has 0 saturated carbocycles. The van der Waals surface area contributed by atoms with E-state index in [0.29, 0.717) is 18.9 Å². The summed E-state index contributed by atoms with van der Waals surface area (Å²) in [5, 5.41) is 21.1. The van der Waals surface area contributed by atoms with E-state index in [4.69, 9.17) is 0 Å². The summed E-state index contributed by atoms with van der Waals surface area (Å²) in [6.45, 7) is 6.24. The van der Waals surface area contributed by atoms with Crippen LogP contribution in [0.15, 0.2) is 52.2 Å². The lowest BCUT2D eigenvalue weighted by atomic mass is 10.1. The first-order chi connectivity index (χ1) is 11.7. The standard InChI is InChI=1S/C19H27N3OS.HI/c1-3-20-19(21-12-15(2)17-9-10-24-14-17)22-13-18(23)11-16-7-5-4-6-8-16;/h4-10,14-15,18,23H,3,11-13H2,1-2H3,(H2,20,21,22);1H. The average molecular weight is 473 g/mol. The van der Waals surface area contributed by atoms with E-state index in [-0.39, 0.29) is 24.0 Å². The molecule has 2 aromatic rings. The van der Waals surface area contributed by atoms with Crippen LogP contribution < -0.4 is 10.6 Å². The van der Waals surface area contributed by atoms with E-state index >= 15 is 0 Å². The van der Waals surface area contributed by atoms with Crippen molar-refractivity contribution in [3.05, 3.63) is 58.3 Å². The Morgan fingerprint density at radius 2 is 1.96 bits per heavy atom. The quantitative estimate of drug-likeness (QED) is 0.312. The monoisotopic (exact) mass is 473 g/mol. The highest BCUT2D eigenvalue weighted by Gasteiger charge is 2.08. The first-order valence-electron chi connectivity index (χ1n) is 8.45. The van der Waals surface area contributed by atoms with Gasteiger partial charge in [-0.25, -0.2) is 0 Å². The van der Waals surface area contributed by atoms with Gasteiger partial charge in [-0.15, -0.1) is 24.0 Å². The number of hydrogen-bond acceptors (Lipinski definition) is 3. The van der Waals surface area contributed by atoms with Gasteiger partial charge in [-0.3, -0.25) is 4.99 Å². The fourth-order valence-electron chi connectivity index (χ4n) is 2.41. The molecule has 1 aromatic heterocycles. The SMILES string of the molecule is CCNC(=NCC(O)Cc1ccccc1)NCC(C)c1ccsc1.I. The minimum absolute atomic E-state index is 0. The topological polar surface area (TPSA) is 56.7 Å². The summed E-state index contributed by atoms with van der Waals surface area (Å²) in [5.41, 5.74) is 2.47. The van der Waals surface area contributed by atoms with Gasteiger partial charge in [0.25, 0.3) is 0 Å². The molecule has 2 unspecified atom stereocenters. The van der Waals surface area contributed by atoms with Crippen molar-refractivity contribution < 1.29 is 5.11 Å². The van der Waals surface area contributed by atoms with Crippen LogP contribution in [0.4, 0.5) is 0 Å². The molecule has 1 aromatic carbocycles. The third kappa shape index (κ3) is 8.20. The maximum atomic E-state index is 10.2. The number of benzene rings is 1. The molecule has 0 aliphatic carbocycles. The predicted molar refractivity (Wildman–Crippen MR) is 118 cm³/mol. The lowest BCUT2D eigenvalue weighted by Gasteiger charge is -2.16. The summed E-state index contributed by atoms with van der Waals surface area (Å²) >= 11 is 1.72. The normalized spacial score (nSPS) is 13.6. The fraction of sp³-hybridized carbons (Fsp3) is 0.421. The minimum Gasteiger partial charge on any atom is -0.391 e. The van der Waals surface area contributed by atoms with Crippen molar-refractivity contribution in [1.82, 2.24) is 10.6 Å². The molecule has 0 aliphatic rings. The molecule has 3 N–H and O–H groups in total. The fourth-order valence-corrected chi connectivity index (χ4v) is 3.19. The molecule has 0 saturated heterocycles. The van der Waals surface area contributed by atoms with E-state index in [2.05, 4.69) is 39.4 Å². The van der Waals surface area contributed by atoms with Gasteiger partial charge in [0, 0.05) is 19.5 Å². The Bertz CT molecular complexity index is 604. The Balaban J connectivity index is 0.00000312. The van der Waals surface area contributed by atoms with E-state index < -0.39 is 6.10 Å². The van der Waals surface area contributed by atoms with Gasteiger partial charge in [0.2, 0.25) is 0 Å². The summed E-state index contributed by atoms with van der Waals surface area (Å²) in [7, 11) is 0. The highest BCUT2D eigenvalue weighted by Crippen LogP contribution is 2.16. The molecule has 1 heterocycles. The number of halogens is 1. The third-order valence-electron chi connectivity index (χ3n) is 3.81. The molecular weight excluding hydrogens is 445 g/mol. The van der Waals surface area contributed by atoms with Gasteiger partial charge in [0.1, 0.15) is 0 Å². The second kappa shape index (κ2) is 12.3. The molecule has 2 atom stereocenters. The smallest absolute Gasteiger partial charge is 0.191 e. The Labute approximate surface area is 171 Å². The number of hydrogen-bond donors (Lipinski definition) is 3. The Kier molecular flexibility index (Phi) is 10.8. The van der Waals surface area contributed by atoms with Gasteiger partial charge >= 0.3 is 0 Å². The second-order valence-corrected chi connectivity index (χ2v) is 6.68. The summed E-state index contributed by atoms with van der Waals surface area (Å²) in [4.78, 5) is 4.51. The van der Waals surface area contributed by atoms with E-state index in [1.165, 1.54) is 5.56 Å². The Morgan fingerprint density at radius 3 is 2.60 bits per heavy atom. The highest BCUT2D eigenvalue weighted by molar-refractivity contribution is 14.0. The predicted octanol–water partition coefficient (Wildman–Crippen LogP) is 3.63. The van der Waals surface area contributed by atoms with Crippen molar-refractivity contribution >= 4 is 41.3 Å². The number of guanidine groups is 1. The average Bonchev–Trinajstić information content (AvgIpc) is 3.12. The number of aliphatic imine (C=N–C) groups is 1. The second-order valence-electron chi connectivity index (χ2n) is 5.90. The molecule has 0 spiro atoms. The Hall–Kier alpha value is -1.12. The van der Waals surface area contributed by atoms with E-state index in [0.717, 1.165) is 24.6 Å². The molecule has 0 bridgehead atoms. The molecule has 2 rings (SSSR count). The zero-order chi connectivity index (χ0) is 17.2. The van der Waals surface area contributed by atoms with Gasteiger partial charge in [-0.05, 0) is 40.8 Å². The van der Waals surface area contributed by atoms with Crippen molar-refractivity contribution in [2.75, 3.05) is 19.6 Å². The molecule has 0 aliphatic heterocycles. The molecule has 0 fully saturated rings. The van der Waals surface area contributed by atoms with Crippen LogP contribution in [0.5, 0.6) is 0 Å². The van der Waals surface area contributed by atoms with Crippen LogP contribution in [0.2, 0.25) is 0 Å². The van der Waals surface area contributed by atoms with Crippen LogP contribution >= 0.6 is 35.3 Å². The molecule has 0 amide bonds. The zero-order valence-corrected chi connectivity index (χ0v) is 18.0. The van der Waals surface area contributed by atoms with E-state index in [1.807, 2.05) is 37.3 Å². The Morgan fingerprint density at radius 1 is 1.20 bits per heavy atom. The maximum Gasteiger partial charge on any atom is 0.191 e. The van der Waals surface area contributed by atoms with Gasteiger partial charge in [-0.2, -0.15) is 11.3 Å². The molecular formula is C19H28IN3OS. The number of aliphatic hydroxyl groups excluding tert-OH is 1. The maximum absolute atomic E-state index is 10.2. The van der Waals surface area contributed by atoms with Crippen LogP contribution in [0.25, 0.3) is 0 Å². The largest absolute Gasteiger partial charge is 0.391 e. The zero-order valence-electron chi connectivity index (χ0n) is 14.8. The minimum atomic E-state index is -0.475. The van der Waals surface area contributed by atoms with Crippen LogP contribution in [-0.4, -0.2) is 36.8 Å². The summed E-state index contributed by atoms with van der Waals surface area (Å²) in [6, 6.07) is 12.2. The summed E-state index contributed by atoms with van der Waals surface area (Å²) < 4.78 is 0. The number of nitrogens with zero attached hydrogens (tertiary/aromatic N) is 1. The van der Waals surface area contributed by atoms with Crippen molar-refractivity contribution in [2.24, 2.45) is 4.99 Å². The molecule has 138 valence electrons. The molecule has 4 nitrogen and oxygen atoms in total. The lowest BCUT2D eigenvalue weighted by molar-refractivity contribution is 0.183. The first kappa shape index (κ1) is 21.9. The van der Waals surface area contributed by atoms with Gasteiger partial charge in [0.15, 0.2) is 5.96 Å². The van der Waals surface area contributed by atoms with E-state index in [1.54, 1.807) is 11.3 Å². The third-order valence-corrected chi connectivity index (χ3v) is 4.51. The molecule has 6 heteroatoms. The van der Waals surface area contributed by atoms with Crippen molar-refractivity contribution in [3.8, 4) is 0 Å². The van der Waals surface area contributed by atoms with Crippen LogP contribution in [0.3, 0.4) is 0 Å². The number of aliphatic hydroxyl groups is 1. The first-order valence-corrected chi connectivity index (χ1v) is 9.39. The summed E-state index contributed by atoms with van der Waals surface area (Å²) in [5.74, 6) is 1.18. The van der Waals surface area contributed by atoms with E-state index in [9.17, 15) is 5.11 Å². The molecule has 25 heavy (non-hydrogen) atoms. The van der Waals surface area contributed by atoms with Gasteiger partial charge in [-0.1, -0.05) is 37.3 Å². The van der Waals surface area contributed by atoms with Crippen LogP contribution in [0, 0.1) is 0 Å².